The number of piperazine rings is 1. The second kappa shape index (κ2) is 14.2. The molecule has 13 heteroatoms. The molecule has 3 aromatic carbocycles. The van der Waals surface area contributed by atoms with E-state index >= 15 is 4.39 Å². The number of Topliss-reactive ketones (excluding diaryl/α,β-unsaturated/α-hetero) is 2. The van der Waals surface area contributed by atoms with E-state index < -0.39 is 35.5 Å². The molecule has 1 aliphatic heterocycles. The molecule has 9 nitrogen and oxygen atoms in total. The second-order valence-electron chi connectivity index (χ2n) is 13.0. The van der Waals surface area contributed by atoms with Crippen LogP contribution in [-0.4, -0.2) is 64.4 Å². The molecule has 2 aromatic heterocycles. The number of anilines is 3. The molecule has 1 N–H and O–H groups in total. The van der Waals surface area contributed by atoms with Gasteiger partial charge in [-0.25, -0.2) is 23.1 Å². The molecule has 5 aromatic rings. The molecule has 2 fully saturated rings. The van der Waals surface area contributed by atoms with Crippen molar-refractivity contribution in [3.05, 3.63) is 101 Å². The Kier molecular flexibility index (Phi) is 9.52. The summed E-state index contributed by atoms with van der Waals surface area (Å²) in [7, 11) is 0. The zero-order chi connectivity index (χ0) is 35.8. The maximum atomic E-state index is 15.6. The van der Waals surface area contributed by atoms with E-state index in [1.165, 1.54) is 13.0 Å². The van der Waals surface area contributed by atoms with Crippen LogP contribution in [0.25, 0.3) is 22.0 Å². The van der Waals surface area contributed by atoms with Gasteiger partial charge in [0.2, 0.25) is 11.9 Å². The van der Waals surface area contributed by atoms with Gasteiger partial charge in [-0.3, -0.25) is 14.4 Å². The standard InChI is InChI=1S/C38H34ClF3N6O3/c1-22(49)31-20-48(34-10-9-25(17-28(31)34)46-11-13-47(14-12-46)38-43-18-24(41)19-44-38)21-35(50)29-15-23(40)16-30(29)37(51)45-33-8-4-6-27(36(33)42)26-5-2-3-7-32(26)39/h2-10,17-20,23,29-30H,11-16,21H2,1H3,(H,45,51)/t23-,29?,30+/m0/s1. The van der Waals surface area contributed by atoms with Crippen LogP contribution < -0.4 is 15.1 Å². The smallest absolute Gasteiger partial charge is 0.228 e. The molecule has 51 heavy (non-hydrogen) atoms. The molecule has 0 radical (unpaired) electrons. The first kappa shape index (κ1) is 34.2. The molecule has 3 atom stereocenters. The van der Waals surface area contributed by atoms with Crippen LogP contribution in [0, 0.1) is 23.5 Å². The molecular formula is C38H34ClF3N6O3. The number of aromatic nitrogens is 3. The van der Waals surface area contributed by atoms with E-state index in [9.17, 15) is 23.2 Å². The highest BCUT2D eigenvalue weighted by Crippen LogP contribution is 2.38. The van der Waals surface area contributed by atoms with E-state index in [1.54, 1.807) is 47.2 Å². The molecule has 1 saturated carbocycles. The van der Waals surface area contributed by atoms with E-state index in [-0.39, 0.29) is 42.2 Å². The van der Waals surface area contributed by atoms with Gasteiger partial charge >= 0.3 is 0 Å². The maximum absolute atomic E-state index is 15.6. The highest BCUT2D eigenvalue weighted by molar-refractivity contribution is 6.33. The summed E-state index contributed by atoms with van der Waals surface area (Å²) < 4.78 is 45.4. The van der Waals surface area contributed by atoms with Gasteiger partial charge in [0.25, 0.3) is 0 Å². The highest BCUT2D eigenvalue weighted by Gasteiger charge is 2.43. The van der Waals surface area contributed by atoms with Crippen molar-refractivity contribution in [1.29, 1.82) is 0 Å². The first-order valence-corrected chi connectivity index (χ1v) is 17.1. The number of fused-ring (bicyclic) bond motifs is 1. The van der Waals surface area contributed by atoms with Crippen LogP contribution >= 0.6 is 11.6 Å². The quantitative estimate of drug-likeness (QED) is 0.162. The largest absolute Gasteiger partial charge is 0.368 e. The average Bonchev–Trinajstić information content (AvgIpc) is 3.70. The number of carbonyl (C=O) groups excluding carboxylic acids is 3. The number of carbonyl (C=O) groups is 3. The Bertz CT molecular complexity index is 2130. The van der Waals surface area contributed by atoms with Crippen LogP contribution in [0.4, 0.5) is 30.5 Å². The van der Waals surface area contributed by atoms with Gasteiger partial charge in [-0.1, -0.05) is 41.9 Å². The van der Waals surface area contributed by atoms with Crippen LogP contribution in [-0.2, 0) is 16.1 Å². The molecule has 262 valence electrons. The van der Waals surface area contributed by atoms with Crippen LogP contribution in [0.1, 0.15) is 30.1 Å². The SMILES string of the molecule is CC(=O)c1cn(CC(=O)C2C[C@H](F)C[C@H]2C(=O)Nc2cccc(-c3ccccc3Cl)c2F)c2ccc(N3CCN(c4ncc(F)cn4)CC3)cc12. The van der Waals surface area contributed by atoms with Gasteiger partial charge < -0.3 is 19.7 Å². The fraction of sp³-hybridized carbons (Fsp3) is 0.289. The van der Waals surface area contributed by atoms with Gasteiger partial charge in [0.05, 0.1) is 30.5 Å². The van der Waals surface area contributed by atoms with E-state index in [0.717, 1.165) is 18.1 Å². The summed E-state index contributed by atoms with van der Waals surface area (Å²) in [6, 6.07) is 17.0. The minimum absolute atomic E-state index is 0.0885. The van der Waals surface area contributed by atoms with Crippen molar-refractivity contribution >= 4 is 57.3 Å². The Morgan fingerprint density at radius 3 is 2.29 bits per heavy atom. The number of alkyl halides is 1. The lowest BCUT2D eigenvalue weighted by Crippen LogP contribution is -2.47. The number of amides is 1. The first-order chi connectivity index (χ1) is 24.6. The molecule has 1 aliphatic carbocycles. The minimum Gasteiger partial charge on any atom is -0.368 e. The molecule has 0 spiro atoms. The van der Waals surface area contributed by atoms with Crippen LogP contribution in [0.2, 0.25) is 5.02 Å². The lowest BCUT2D eigenvalue weighted by molar-refractivity contribution is -0.130. The predicted octanol–water partition coefficient (Wildman–Crippen LogP) is 7.13. The van der Waals surface area contributed by atoms with Gasteiger partial charge in [0.15, 0.2) is 23.2 Å². The monoisotopic (exact) mass is 714 g/mol. The summed E-state index contributed by atoms with van der Waals surface area (Å²) in [5.74, 6) is -3.83. The molecule has 3 heterocycles. The normalized spacial score (nSPS) is 19.0. The van der Waals surface area contributed by atoms with Crippen LogP contribution in [0.3, 0.4) is 0 Å². The van der Waals surface area contributed by atoms with Crippen molar-refractivity contribution in [2.45, 2.75) is 32.5 Å². The van der Waals surface area contributed by atoms with Gasteiger partial charge in [0, 0.05) is 76.6 Å². The second-order valence-corrected chi connectivity index (χ2v) is 13.4. The highest BCUT2D eigenvalue weighted by atomic mass is 35.5. The van der Waals surface area contributed by atoms with Crippen LogP contribution in [0.5, 0.6) is 0 Å². The fourth-order valence-corrected chi connectivity index (χ4v) is 7.41. The fourth-order valence-electron chi connectivity index (χ4n) is 7.17. The number of benzene rings is 3. The number of nitrogens with one attached hydrogen (secondary N) is 1. The number of halogens is 4. The molecular weight excluding hydrogens is 681 g/mol. The van der Waals surface area contributed by atoms with E-state index in [0.29, 0.717) is 59.2 Å². The van der Waals surface area contributed by atoms with Crippen molar-refractivity contribution in [1.82, 2.24) is 14.5 Å². The van der Waals surface area contributed by atoms with Crippen molar-refractivity contribution in [2.75, 3.05) is 41.3 Å². The van der Waals surface area contributed by atoms with E-state index in [1.807, 2.05) is 23.1 Å². The van der Waals surface area contributed by atoms with Gasteiger partial charge in [-0.2, -0.15) is 0 Å². The number of nitrogens with zero attached hydrogens (tertiary/aromatic N) is 5. The maximum Gasteiger partial charge on any atom is 0.228 e. The van der Waals surface area contributed by atoms with E-state index in [4.69, 9.17) is 11.6 Å². The lowest BCUT2D eigenvalue weighted by atomic mass is 9.90. The van der Waals surface area contributed by atoms with Crippen molar-refractivity contribution < 1.29 is 27.6 Å². The number of hydrogen-bond acceptors (Lipinski definition) is 7. The zero-order valence-electron chi connectivity index (χ0n) is 27.7. The van der Waals surface area contributed by atoms with Crippen molar-refractivity contribution in [3.8, 4) is 11.1 Å². The number of ketones is 2. The van der Waals surface area contributed by atoms with Crippen LogP contribution in [0.15, 0.2) is 79.3 Å². The Morgan fingerprint density at radius 2 is 1.57 bits per heavy atom. The average molecular weight is 715 g/mol. The van der Waals surface area contributed by atoms with Gasteiger partial charge in [-0.15, -0.1) is 0 Å². The zero-order valence-corrected chi connectivity index (χ0v) is 28.4. The third-order valence-electron chi connectivity index (χ3n) is 9.78. The molecule has 1 amide bonds. The lowest BCUT2D eigenvalue weighted by Gasteiger charge is -2.36. The van der Waals surface area contributed by atoms with Crippen molar-refractivity contribution in [3.63, 3.8) is 0 Å². The number of hydrogen-bond donors (Lipinski definition) is 1. The first-order valence-electron chi connectivity index (χ1n) is 16.7. The molecule has 1 saturated heterocycles. The summed E-state index contributed by atoms with van der Waals surface area (Å²) >= 11 is 6.28. The Hall–Kier alpha value is -5.23. The predicted molar refractivity (Wildman–Crippen MR) is 190 cm³/mol. The topological polar surface area (TPSA) is 100 Å². The third kappa shape index (κ3) is 6.92. The molecule has 2 aliphatic rings. The summed E-state index contributed by atoms with van der Waals surface area (Å²) in [5.41, 5.74) is 2.57. The van der Waals surface area contributed by atoms with Gasteiger partial charge in [0.1, 0.15) is 6.17 Å². The summed E-state index contributed by atoms with van der Waals surface area (Å²) in [4.78, 5) is 52.3. The van der Waals surface area contributed by atoms with Gasteiger partial charge in [-0.05, 0) is 50.1 Å². The summed E-state index contributed by atoms with van der Waals surface area (Å²) in [6.07, 6.45) is 2.25. The summed E-state index contributed by atoms with van der Waals surface area (Å²) in [5, 5.41) is 3.62. The van der Waals surface area contributed by atoms with E-state index in [2.05, 4.69) is 20.2 Å². The molecule has 1 unspecified atom stereocenters. The Labute approximate surface area is 297 Å². The molecule has 0 bridgehead atoms. The summed E-state index contributed by atoms with van der Waals surface area (Å²) in [6.45, 7) is 3.81. The minimum atomic E-state index is -1.37. The number of rotatable bonds is 9. The van der Waals surface area contributed by atoms with Crippen molar-refractivity contribution in [2.24, 2.45) is 11.8 Å². The Morgan fingerprint density at radius 1 is 0.882 bits per heavy atom. The molecule has 7 rings (SSSR count). The Balaban J connectivity index is 1.07. The third-order valence-corrected chi connectivity index (χ3v) is 10.1.